The normalized spacial score (nSPS) is 14.5. The second-order valence-corrected chi connectivity index (χ2v) is 2.15. The Kier molecular flexibility index (Phi) is 5.15. The first kappa shape index (κ1) is 9.94. The second kappa shape index (κ2) is 5.70. The van der Waals surface area contributed by atoms with Crippen molar-refractivity contribution >= 4 is 11.9 Å². The zero-order chi connectivity index (χ0) is 8.69. The van der Waals surface area contributed by atoms with Crippen LogP contribution in [-0.4, -0.2) is 25.5 Å². The number of amides is 1. The number of carbonyl (C=O) groups is 2. The molecule has 0 bridgehead atoms. The minimum atomic E-state index is -0.245. The SMILES string of the molecule is COC(C)=O.O=C1CCCN1. The quantitative estimate of drug-likeness (QED) is 0.509. The monoisotopic (exact) mass is 159 g/mol. The molecule has 64 valence electrons. The molecule has 11 heavy (non-hydrogen) atoms. The van der Waals surface area contributed by atoms with Crippen LogP contribution in [0.2, 0.25) is 0 Å². The number of methoxy groups -OCH3 is 1. The highest BCUT2D eigenvalue weighted by atomic mass is 16.5. The molecular formula is C7H13NO3. The predicted octanol–water partition coefficient (Wildman–Crippen LogP) is 0.0757. The van der Waals surface area contributed by atoms with Gasteiger partial charge in [-0.1, -0.05) is 0 Å². The minimum Gasteiger partial charge on any atom is -0.469 e. The molecule has 1 fully saturated rings. The number of nitrogens with one attached hydrogen (secondary N) is 1. The summed E-state index contributed by atoms with van der Waals surface area (Å²) in [7, 11) is 1.35. The van der Waals surface area contributed by atoms with Crippen LogP contribution >= 0.6 is 0 Å². The Balaban J connectivity index is 0.000000187. The second-order valence-electron chi connectivity index (χ2n) is 2.15. The Morgan fingerprint density at radius 2 is 2.18 bits per heavy atom. The molecule has 0 atom stereocenters. The first-order valence-corrected chi connectivity index (χ1v) is 3.48. The van der Waals surface area contributed by atoms with E-state index in [4.69, 9.17) is 0 Å². The summed E-state index contributed by atoms with van der Waals surface area (Å²) >= 11 is 0. The topological polar surface area (TPSA) is 55.4 Å². The number of carbonyl (C=O) groups excluding carboxylic acids is 2. The van der Waals surface area contributed by atoms with Crippen molar-refractivity contribution in [2.24, 2.45) is 0 Å². The fourth-order valence-corrected chi connectivity index (χ4v) is 0.565. The van der Waals surface area contributed by atoms with Crippen LogP contribution in [0.25, 0.3) is 0 Å². The van der Waals surface area contributed by atoms with Crippen LogP contribution in [0, 0.1) is 0 Å². The standard InChI is InChI=1S/C4H7NO.C3H6O2/c6-4-2-1-3-5-4;1-3(4)5-2/h1-3H2,(H,5,6);1-2H3. The van der Waals surface area contributed by atoms with Gasteiger partial charge in [-0.15, -0.1) is 0 Å². The third kappa shape index (κ3) is 6.83. The molecule has 4 heteroatoms. The zero-order valence-electron chi connectivity index (χ0n) is 6.85. The summed E-state index contributed by atoms with van der Waals surface area (Å²) in [5, 5.41) is 2.68. The maximum absolute atomic E-state index is 10.1. The van der Waals surface area contributed by atoms with Crippen LogP contribution in [0.4, 0.5) is 0 Å². The summed E-state index contributed by atoms with van der Waals surface area (Å²) in [5.74, 6) is -0.0417. The molecule has 1 N–H and O–H groups in total. The summed E-state index contributed by atoms with van der Waals surface area (Å²) in [4.78, 5) is 19.7. The lowest BCUT2D eigenvalue weighted by atomic mass is 10.4. The highest BCUT2D eigenvalue weighted by Crippen LogP contribution is 1.93. The summed E-state index contributed by atoms with van der Waals surface area (Å²) in [6, 6.07) is 0. The van der Waals surface area contributed by atoms with Gasteiger partial charge in [0.05, 0.1) is 7.11 Å². The number of ether oxygens (including phenoxy) is 1. The lowest BCUT2D eigenvalue weighted by molar-refractivity contribution is -0.137. The Labute approximate surface area is 65.9 Å². The Bertz CT molecular complexity index is 137. The van der Waals surface area contributed by atoms with Gasteiger partial charge in [-0.3, -0.25) is 9.59 Å². The van der Waals surface area contributed by atoms with E-state index in [9.17, 15) is 9.59 Å². The molecule has 1 amide bonds. The molecule has 0 aromatic rings. The van der Waals surface area contributed by atoms with Crippen molar-refractivity contribution in [1.82, 2.24) is 5.32 Å². The summed E-state index contributed by atoms with van der Waals surface area (Å²) in [6.07, 6.45) is 1.76. The van der Waals surface area contributed by atoms with E-state index in [1.807, 2.05) is 0 Å². The third-order valence-corrected chi connectivity index (χ3v) is 1.19. The lowest BCUT2D eigenvalue weighted by Crippen LogP contribution is -2.12. The van der Waals surface area contributed by atoms with Gasteiger partial charge in [-0.25, -0.2) is 0 Å². The zero-order valence-corrected chi connectivity index (χ0v) is 6.85. The van der Waals surface area contributed by atoms with E-state index in [0.29, 0.717) is 0 Å². The van der Waals surface area contributed by atoms with Crippen molar-refractivity contribution in [3.05, 3.63) is 0 Å². The summed E-state index contributed by atoms with van der Waals surface area (Å²) < 4.78 is 4.11. The van der Waals surface area contributed by atoms with E-state index >= 15 is 0 Å². The maximum atomic E-state index is 10.1. The van der Waals surface area contributed by atoms with Gasteiger partial charge in [0.15, 0.2) is 0 Å². The maximum Gasteiger partial charge on any atom is 0.302 e. The first-order valence-electron chi connectivity index (χ1n) is 3.48. The van der Waals surface area contributed by atoms with Crippen LogP contribution in [-0.2, 0) is 14.3 Å². The molecule has 1 saturated heterocycles. The van der Waals surface area contributed by atoms with Crippen molar-refractivity contribution in [2.75, 3.05) is 13.7 Å². The highest BCUT2D eigenvalue weighted by molar-refractivity contribution is 5.77. The van der Waals surface area contributed by atoms with Gasteiger partial charge in [0.2, 0.25) is 5.91 Å². The number of hydrogen-bond acceptors (Lipinski definition) is 3. The van der Waals surface area contributed by atoms with Crippen LogP contribution < -0.4 is 5.32 Å². The molecule has 1 heterocycles. The average Bonchev–Trinajstić information content (AvgIpc) is 2.41. The van der Waals surface area contributed by atoms with E-state index in [1.165, 1.54) is 14.0 Å². The van der Waals surface area contributed by atoms with Gasteiger partial charge in [0, 0.05) is 19.9 Å². The third-order valence-electron chi connectivity index (χ3n) is 1.19. The minimum absolute atomic E-state index is 0.204. The van der Waals surface area contributed by atoms with Gasteiger partial charge in [-0.2, -0.15) is 0 Å². The number of esters is 1. The molecule has 0 saturated carbocycles. The first-order chi connectivity index (χ1) is 5.16. The van der Waals surface area contributed by atoms with Gasteiger partial charge in [-0.05, 0) is 6.42 Å². The molecule has 0 spiro atoms. The molecule has 0 radical (unpaired) electrons. The fourth-order valence-electron chi connectivity index (χ4n) is 0.565. The summed E-state index contributed by atoms with van der Waals surface area (Å²) in [6.45, 7) is 2.25. The average molecular weight is 159 g/mol. The molecule has 0 aromatic heterocycles. The summed E-state index contributed by atoms with van der Waals surface area (Å²) in [5.41, 5.74) is 0. The smallest absolute Gasteiger partial charge is 0.302 e. The van der Waals surface area contributed by atoms with E-state index < -0.39 is 0 Å². The molecule has 1 aliphatic heterocycles. The van der Waals surface area contributed by atoms with Crippen molar-refractivity contribution in [2.45, 2.75) is 19.8 Å². The lowest BCUT2D eigenvalue weighted by Gasteiger charge is -1.80. The Hall–Kier alpha value is -1.06. The number of hydrogen-bond donors (Lipinski definition) is 1. The van der Waals surface area contributed by atoms with Gasteiger partial charge >= 0.3 is 5.97 Å². The van der Waals surface area contributed by atoms with Crippen LogP contribution in [0.3, 0.4) is 0 Å². The van der Waals surface area contributed by atoms with Gasteiger partial charge in [0.25, 0.3) is 0 Å². The van der Waals surface area contributed by atoms with E-state index in [2.05, 4.69) is 10.1 Å². The van der Waals surface area contributed by atoms with Crippen molar-refractivity contribution in [3.63, 3.8) is 0 Å². The highest BCUT2D eigenvalue weighted by Gasteiger charge is 2.05. The molecule has 1 rings (SSSR count). The van der Waals surface area contributed by atoms with Crippen LogP contribution in [0.1, 0.15) is 19.8 Å². The van der Waals surface area contributed by atoms with Gasteiger partial charge in [0.1, 0.15) is 0 Å². The van der Waals surface area contributed by atoms with E-state index in [1.54, 1.807) is 0 Å². The molecule has 0 aliphatic carbocycles. The Morgan fingerprint density at radius 3 is 2.27 bits per heavy atom. The fraction of sp³-hybridized carbons (Fsp3) is 0.714. The molecule has 4 nitrogen and oxygen atoms in total. The van der Waals surface area contributed by atoms with Crippen molar-refractivity contribution < 1.29 is 14.3 Å². The predicted molar refractivity (Wildman–Crippen MR) is 39.9 cm³/mol. The van der Waals surface area contributed by atoms with E-state index in [0.717, 1.165) is 19.4 Å². The largest absolute Gasteiger partial charge is 0.469 e. The molecular weight excluding hydrogens is 146 g/mol. The number of rotatable bonds is 0. The van der Waals surface area contributed by atoms with Crippen molar-refractivity contribution in [1.29, 1.82) is 0 Å². The van der Waals surface area contributed by atoms with Crippen molar-refractivity contribution in [3.8, 4) is 0 Å². The molecule has 0 aromatic carbocycles. The van der Waals surface area contributed by atoms with Crippen LogP contribution in [0.15, 0.2) is 0 Å². The van der Waals surface area contributed by atoms with E-state index in [-0.39, 0.29) is 11.9 Å². The Morgan fingerprint density at radius 1 is 1.64 bits per heavy atom. The van der Waals surface area contributed by atoms with Crippen LogP contribution in [0.5, 0.6) is 0 Å². The molecule has 1 aliphatic rings. The van der Waals surface area contributed by atoms with Gasteiger partial charge < -0.3 is 10.1 Å². The molecule has 0 unspecified atom stereocenters.